The van der Waals surface area contributed by atoms with Gasteiger partial charge in [-0.25, -0.2) is 0 Å². The van der Waals surface area contributed by atoms with Gasteiger partial charge in [0.15, 0.2) is 0 Å². The van der Waals surface area contributed by atoms with Gasteiger partial charge < -0.3 is 10.2 Å². The Kier molecular flexibility index (Phi) is 6.55. The SMILES string of the molecule is CCCNC1CCCCC1CN1CCC(C(C)(C)C)CC1. The van der Waals surface area contributed by atoms with Crippen LogP contribution in [0, 0.1) is 17.3 Å². The zero-order valence-electron chi connectivity index (χ0n) is 15.0. The third-order valence-electron chi connectivity index (χ3n) is 5.87. The van der Waals surface area contributed by atoms with E-state index in [9.17, 15) is 0 Å². The van der Waals surface area contributed by atoms with Gasteiger partial charge in [-0.3, -0.25) is 0 Å². The second-order valence-electron chi connectivity index (χ2n) is 8.55. The van der Waals surface area contributed by atoms with Gasteiger partial charge in [0.05, 0.1) is 0 Å². The quantitative estimate of drug-likeness (QED) is 0.813. The van der Waals surface area contributed by atoms with Gasteiger partial charge >= 0.3 is 0 Å². The van der Waals surface area contributed by atoms with Crippen LogP contribution in [0.15, 0.2) is 0 Å². The Bertz CT molecular complexity index is 286. The van der Waals surface area contributed by atoms with Crippen molar-refractivity contribution < 1.29 is 0 Å². The number of rotatable bonds is 5. The summed E-state index contributed by atoms with van der Waals surface area (Å²) in [5, 5.41) is 3.82. The Morgan fingerprint density at radius 3 is 2.29 bits per heavy atom. The first-order valence-electron chi connectivity index (χ1n) is 9.46. The van der Waals surface area contributed by atoms with E-state index in [1.54, 1.807) is 0 Å². The number of nitrogens with one attached hydrogen (secondary N) is 1. The molecule has 1 N–H and O–H groups in total. The van der Waals surface area contributed by atoms with Gasteiger partial charge in [-0.05, 0) is 69.0 Å². The molecule has 21 heavy (non-hydrogen) atoms. The third kappa shape index (κ3) is 5.25. The van der Waals surface area contributed by atoms with Crippen LogP contribution in [0.25, 0.3) is 0 Å². The highest BCUT2D eigenvalue weighted by molar-refractivity contribution is 4.86. The number of likely N-dealkylation sites (tertiary alicyclic amines) is 1. The molecule has 0 aromatic rings. The smallest absolute Gasteiger partial charge is 0.0107 e. The summed E-state index contributed by atoms with van der Waals surface area (Å²) < 4.78 is 0. The van der Waals surface area contributed by atoms with Crippen molar-refractivity contribution in [1.82, 2.24) is 10.2 Å². The van der Waals surface area contributed by atoms with Crippen molar-refractivity contribution in [1.29, 1.82) is 0 Å². The molecule has 2 fully saturated rings. The van der Waals surface area contributed by atoms with Crippen molar-refractivity contribution in [3.8, 4) is 0 Å². The highest BCUT2D eigenvalue weighted by atomic mass is 15.1. The van der Waals surface area contributed by atoms with Gasteiger partial charge in [0.25, 0.3) is 0 Å². The van der Waals surface area contributed by atoms with E-state index >= 15 is 0 Å². The summed E-state index contributed by atoms with van der Waals surface area (Å²) in [6.45, 7) is 14.7. The minimum Gasteiger partial charge on any atom is -0.314 e. The minimum absolute atomic E-state index is 0.502. The molecule has 2 nitrogen and oxygen atoms in total. The largest absolute Gasteiger partial charge is 0.314 e. The van der Waals surface area contributed by atoms with Crippen molar-refractivity contribution >= 4 is 0 Å². The topological polar surface area (TPSA) is 15.3 Å². The zero-order chi connectivity index (χ0) is 15.3. The van der Waals surface area contributed by atoms with Crippen LogP contribution >= 0.6 is 0 Å². The Morgan fingerprint density at radius 2 is 1.67 bits per heavy atom. The fourth-order valence-corrected chi connectivity index (χ4v) is 4.34. The van der Waals surface area contributed by atoms with Crippen LogP contribution in [0.4, 0.5) is 0 Å². The van der Waals surface area contributed by atoms with Crippen LogP contribution in [0.5, 0.6) is 0 Å². The molecule has 2 heteroatoms. The molecule has 1 aliphatic heterocycles. The molecule has 0 amide bonds. The number of hydrogen-bond donors (Lipinski definition) is 1. The van der Waals surface area contributed by atoms with Gasteiger partial charge in [-0.2, -0.15) is 0 Å². The fourth-order valence-electron chi connectivity index (χ4n) is 4.34. The first-order valence-corrected chi connectivity index (χ1v) is 9.46. The van der Waals surface area contributed by atoms with Crippen molar-refractivity contribution in [2.45, 2.75) is 78.7 Å². The van der Waals surface area contributed by atoms with Crippen LogP contribution in [0.3, 0.4) is 0 Å². The predicted octanol–water partition coefficient (Wildman–Crippen LogP) is 4.30. The van der Waals surface area contributed by atoms with E-state index in [1.165, 1.54) is 71.1 Å². The average Bonchev–Trinajstić information content (AvgIpc) is 2.46. The van der Waals surface area contributed by atoms with E-state index in [0.717, 1.165) is 17.9 Å². The molecule has 124 valence electrons. The Hall–Kier alpha value is -0.0800. The number of hydrogen-bond acceptors (Lipinski definition) is 2. The van der Waals surface area contributed by atoms with Crippen LogP contribution < -0.4 is 5.32 Å². The summed E-state index contributed by atoms with van der Waals surface area (Å²) in [5.41, 5.74) is 0.502. The number of nitrogens with zero attached hydrogens (tertiary/aromatic N) is 1. The molecule has 2 rings (SSSR count). The lowest BCUT2D eigenvalue weighted by molar-refractivity contribution is 0.0871. The standard InChI is InChI=1S/C19H38N2/c1-5-12-20-18-9-7-6-8-16(18)15-21-13-10-17(11-14-21)19(2,3)4/h16-18,20H,5-15H2,1-4H3. The average molecular weight is 295 g/mol. The summed E-state index contributed by atoms with van der Waals surface area (Å²) in [7, 11) is 0. The van der Waals surface area contributed by atoms with Crippen molar-refractivity contribution in [2.24, 2.45) is 17.3 Å². The Balaban J connectivity index is 1.78. The second-order valence-corrected chi connectivity index (χ2v) is 8.55. The van der Waals surface area contributed by atoms with Gasteiger partial charge in [-0.15, -0.1) is 0 Å². The fraction of sp³-hybridized carbons (Fsp3) is 1.00. The third-order valence-corrected chi connectivity index (χ3v) is 5.87. The van der Waals surface area contributed by atoms with Gasteiger partial charge in [0.1, 0.15) is 0 Å². The minimum atomic E-state index is 0.502. The monoisotopic (exact) mass is 294 g/mol. The summed E-state index contributed by atoms with van der Waals surface area (Å²) in [6, 6.07) is 0.791. The number of piperidine rings is 1. The van der Waals surface area contributed by atoms with Crippen LogP contribution in [0.1, 0.15) is 72.6 Å². The molecular formula is C19H38N2. The van der Waals surface area contributed by atoms with E-state index in [2.05, 4.69) is 37.9 Å². The first kappa shape index (κ1) is 17.3. The van der Waals surface area contributed by atoms with Crippen molar-refractivity contribution in [3.05, 3.63) is 0 Å². The van der Waals surface area contributed by atoms with Crippen LogP contribution in [-0.2, 0) is 0 Å². The second kappa shape index (κ2) is 7.97. The summed E-state index contributed by atoms with van der Waals surface area (Å²) in [6.07, 6.45) is 9.81. The summed E-state index contributed by atoms with van der Waals surface area (Å²) >= 11 is 0. The van der Waals surface area contributed by atoms with E-state index in [1.807, 2.05) is 0 Å². The molecule has 2 atom stereocenters. The molecule has 2 unspecified atom stereocenters. The zero-order valence-corrected chi connectivity index (χ0v) is 15.0. The molecule has 0 aromatic heterocycles. The molecule has 2 aliphatic rings. The Morgan fingerprint density at radius 1 is 1.00 bits per heavy atom. The maximum Gasteiger partial charge on any atom is 0.0107 e. The molecule has 1 heterocycles. The van der Waals surface area contributed by atoms with Crippen molar-refractivity contribution in [2.75, 3.05) is 26.2 Å². The molecule has 0 aromatic carbocycles. The van der Waals surface area contributed by atoms with E-state index in [-0.39, 0.29) is 0 Å². The highest BCUT2D eigenvalue weighted by Crippen LogP contribution is 2.35. The van der Waals surface area contributed by atoms with Crippen LogP contribution in [0.2, 0.25) is 0 Å². The summed E-state index contributed by atoms with van der Waals surface area (Å²) in [4.78, 5) is 2.76. The molecule has 0 bridgehead atoms. The molecular weight excluding hydrogens is 256 g/mol. The Labute approximate surface area is 133 Å². The molecule has 0 spiro atoms. The van der Waals surface area contributed by atoms with Gasteiger partial charge in [-0.1, -0.05) is 40.5 Å². The predicted molar refractivity (Wildman–Crippen MR) is 92.7 cm³/mol. The lowest BCUT2D eigenvalue weighted by Crippen LogP contribution is -2.47. The summed E-state index contributed by atoms with van der Waals surface area (Å²) in [5.74, 6) is 1.82. The van der Waals surface area contributed by atoms with Gasteiger partial charge in [0, 0.05) is 12.6 Å². The molecule has 1 aliphatic carbocycles. The first-order chi connectivity index (χ1) is 10.0. The van der Waals surface area contributed by atoms with E-state index in [4.69, 9.17) is 0 Å². The van der Waals surface area contributed by atoms with E-state index < -0.39 is 0 Å². The van der Waals surface area contributed by atoms with E-state index in [0.29, 0.717) is 5.41 Å². The highest BCUT2D eigenvalue weighted by Gasteiger charge is 2.31. The molecule has 1 saturated carbocycles. The lowest BCUT2D eigenvalue weighted by Gasteiger charge is -2.42. The van der Waals surface area contributed by atoms with Crippen molar-refractivity contribution in [3.63, 3.8) is 0 Å². The maximum atomic E-state index is 3.82. The lowest BCUT2D eigenvalue weighted by atomic mass is 9.75. The molecule has 0 radical (unpaired) electrons. The van der Waals surface area contributed by atoms with Crippen LogP contribution in [-0.4, -0.2) is 37.1 Å². The molecule has 1 saturated heterocycles. The maximum absolute atomic E-state index is 3.82. The van der Waals surface area contributed by atoms with Gasteiger partial charge in [0.2, 0.25) is 0 Å². The normalized spacial score (nSPS) is 29.7.